The first-order valence-corrected chi connectivity index (χ1v) is 10.0. The van der Waals surface area contributed by atoms with E-state index >= 15 is 0 Å². The standard InChI is InChI=1S/C17H22N4O3S/c1-13-3-5-15(6-4-13)21-16(11-14(2)19-21)18-17(22)12-20-7-9-25(23,24)10-8-20/h3-6,11H,7-10,12H2,1-2H3,(H,18,22). The number of carbonyl (C=O) groups is 1. The highest BCUT2D eigenvalue weighted by Gasteiger charge is 2.23. The third-order valence-electron chi connectivity index (χ3n) is 4.18. The van der Waals surface area contributed by atoms with Crippen LogP contribution in [0.5, 0.6) is 0 Å². The monoisotopic (exact) mass is 362 g/mol. The van der Waals surface area contributed by atoms with E-state index in [2.05, 4.69) is 10.4 Å². The molecule has 3 rings (SSSR count). The molecule has 2 aromatic rings. The van der Waals surface area contributed by atoms with Crippen LogP contribution in [0.2, 0.25) is 0 Å². The van der Waals surface area contributed by atoms with Gasteiger partial charge in [0.15, 0.2) is 9.84 Å². The number of benzene rings is 1. The average Bonchev–Trinajstić information content (AvgIpc) is 2.90. The second-order valence-electron chi connectivity index (χ2n) is 6.39. The van der Waals surface area contributed by atoms with Crippen molar-refractivity contribution >= 4 is 21.6 Å². The first-order valence-electron chi connectivity index (χ1n) is 8.19. The molecule has 0 spiro atoms. The second kappa shape index (κ2) is 6.97. The normalized spacial score (nSPS) is 17.4. The maximum absolute atomic E-state index is 12.3. The number of sulfone groups is 1. The van der Waals surface area contributed by atoms with Crippen LogP contribution in [0, 0.1) is 13.8 Å². The third-order valence-corrected chi connectivity index (χ3v) is 5.79. The number of aryl methyl sites for hydroxylation is 2. The Bertz CT molecular complexity index is 858. The SMILES string of the molecule is Cc1ccc(-n2nc(C)cc2NC(=O)CN2CCS(=O)(=O)CC2)cc1. The molecule has 1 amide bonds. The van der Waals surface area contributed by atoms with Crippen molar-refractivity contribution in [2.24, 2.45) is 0 Å². The Morgan fingerprint density at radius 3 is 2.44 bits per heavy atom. The fourth-order valence-electron chi connectivity index (χ4n) is 2.77. The van der Waals surface area contributed by atoms with Gasteiger partial charge in [-0.3, -0.25) is 9.69 Å². The minimum atomic E-state index is -2.94. The van der Waals surface area contributed by atoms with E-state index in [0.29, 0.717) is 18.9 Å². The van der Waals surface area contributed by atoms with Gasteiger partial charge in [0.25, 0.3) is 0 Å². The van der Waals surface area contributed by atoms with Crippen molar-refractivity contribution in [2.45, 2.75) is 13.8 Å². The van der Waals surface area contributed by atoms with Crippen LogP contribution in [0.3, 0.4) is 0 Å². The average molecular weight is 362 g/mol. The predicted molar refractivity (Wildman–Crippen MR) is 96.8 cm³/mol. The lowest BCUT2D eigenvalue weighted by Crippen LogP contribution is -2.44. The van der Waals surface area contributed by atoms with Crippen molar-refractivity contribution in [3.05, 3.63) is 41.6 Å². The second-order valence-corrected chi connectivity index (χ2v) is 8.70. The minimum Gasteiger partial charge on any atom is -0.309 e. The first kappa shape index (κ1) is 17.6. The van der Waals surface area contributed by atoms with E-state index in [4.69, 9.17) is 0 Å². The van der Waals surface area contributed by atoms with Crippen molar-refractivity contribution < 1.29 is 13.2 Å². The Hall–Kier alpha value is -2.19. The van der Waals surface area contributed by atoms with Crippen molar-refractivity contribution in [3.8, 4) is 5.69 Å². The molecule has 25 heavy (non-hydrogen) atoms. The van der Waals surface area contributed by atoms with E-state index in [1.807, 2.05) is 49.1 Å². The summed E-state index contributed by atoms with van der Waals surface area (Å²) in [6.45, 7) is 4.85. The lowest BCUT2D eigenvalue weighted by atomic mass is 10.2. The number of nitrogens with zero attached hydrogens (tertiary/aromatic N) is 3. The molecule has 0 aliphatic carbocycles. The molecule has 1 aromatic heterocycles. The smallest absolute Gasteiger partial charge is 0.239 e. The van der Waals surface area contributed by atoms with Crippen LogP contribution in [0.15, 0.2) is 30.3 Å². The fraction of sp³-hybridized carbons (Fsp3) is 0.412. The summed E-state index contributed by atoms with van der Waals surface area (Å²) in [5.74, 6) is 0.657. The molecule has 2 heterocycles. The molecule has 0 radical (unpaired) electrons. The third kappa shape index (κ3) is 4.46. The van der Waals surface area contributed by atoms with Crippen LogP contribution < -0.4 is 5.32 Å². The van der Waals surface area contributed by atoms with Crippen molar-refractivity contribution in [1.82, 2.24) is 14.7 Å². The summed E-state index contributed by atoms with van der Waals surface area (Å²) in [5, 5.41) is 7.32. The van der Waals surface area contributed by atoms with Crippen molar-refractivity contribution in [1.29, 1.82) is 0 Å². The number of hydrogen-bond donors (Lipinski definition) is 1. The Morgan fingerprint density at radius 2 is 1.80 bits per heavy atom. The number of nitrogens with one attached hydrogen (secondary N) is 1. The fourth-order valence-corrected chi connectivity index (χ4v) is 4.04. The van der Waals surface area contributed by atoms with Crippen LogP contribution in [0.25, 0.3) is 5.69 Å². The quantitative estimate of drug-likeness (QED) is 0.882. The topological polar surface area (TPSA) is 84.3 Å². The molecule has 1 N–H and O–H groups in total. The Morgan fingerprint density at radius 1 is 1.16 bits per heavy atom. The van der Waals surface area contributed by atoms with Gasteiger partial charge in [-0.1, -0.05) is 17.7 Å². The molecule has 1 saturated heterocycles. The number of hydrogen-bond acceptors (Lipinski definition) is 5. The van der Waals surface area contributed by atoms with Gasteiger partial charge in [-0.25, -0.2) is 13.1 Å². The van der Waals surface area contributed by atoms with E-state index in [1.54, 1.807) is 4.68 Å². The number of anilines is 1. The summed E-state index contributed by atoms with van der Waals surface area (Å²) in [5.41, 5.74) is 2.83. The number of rotatable bonds is 4. The Balaban J connectivity index is 1.68. The van der Waals surface area contributed by atoms with Gasteiger partial charge < -0.3 is 5.32 Å². The van der Waals surface area contributed by atoms with E-state index in [-0.39, 0.29) is 24.0 Å². The first-order chi connectivity index (χ1) is 11.8. The lowest BCUT2D eigenvalue weighted by molar-refractivity contribution is -0.117. The summed E-state index contributed by atoms with van der Waals surface area (Å²) in [6, 6.07) is 9.70. The van der Waals surface area contributed by atoms with Crippen LogP contribution in [-0.2, 0) is 14.6 Å². The van der Waals surface area contributed by atoms with Gasteiger partial charge >= 0.3 is 0 Å². The van der Waals surface area contributed by atoms with Gasteiger partial charge in [0.1, 0.15) is 5.82 Å². The van der Waals surface area contributed by atoms with Crippen molar-refractivity contribution in [3.63, 3.8) is 0 Å². The zero-order valence-electron chi connectivity index (χ0n) is 14.4. The van der Waals surface area contributed by atoms with Gasteiger partial charge in [0.2, 0.25) is 5.91 Å². The molecular weight excluding hydrogens is 340 g/mol. The number of carbonyl (C=O) groups excluding carboxylic acids is 1. The van der Waals surface area contributed by atoms with E-state index in [0.717, 1.165) is 16.9 Å². The van der Waals surface area contributed by atoms with Crippen LogP contribution in [0.4, 0.5) is 5.82 Å². The predicted octanol–water partition coefficient (Wildman–Crippen LogP) is 1.16. The van der Waals surface area contributed by atoms with Crippen LogP contribution >= 0.6 is 0 Å². The molecule has 1 aromatic carbocycles. The zero-order chi connectivity index (χ0) is 18.0. The van der Waals surface area contributed by atoms with Gasteiger partial charge in [-0.05, 0) is 26.0 Å². The molecule has 8 heteroatoms. The molecule has 0 saturated carbocycles. The minimum absolute atomic E-state index is 0.112. The molecular formula is C17H22N4O3S. The maximum Gasteiger partial charge on any atom is 0.239 e. The van der Waals surface area contributed by atoms with Gasteiger partial charge in [-0.15, -0.1) is 0 Å². The summed E-state index contributed by atoms with van der Waals surface area (Å²) in [4.78, 5) is 14.2. The molecule has 1 aliphatic rings. The summed E-state index contributed by atoms with van der Waals surface area (Å²) >= 11 is 0. The van der Waals surface area contributed by atoms with Gasteiger partial charge in [0, 0.05) is 19.2 Å². The number of amides is 1. The summed E-state index contributed by atoms with van der Waals surface area (Å²) in [7, 11) is -2.94. The molecule has 0 unspecified atom stereocenters. The van der Waals surface area contributed by atoms with Crippen molar-refractivity contribution in [2.75, 3.05) is 36.5 Å². The molecule has 1 fully saturated rings. The van der Waals surface area contributed by atoms with E-state index in [1.165, 1.54) is 0 Å². The van der Waals surface area contributed by atoms with Gasteiger partial charge in [-0.2, -0.15) is 5.10 Å². The Kier molecular flexibility index (Phi) is 4.91. The van der Waals surface area contributed by atoms with E-state index in [9.17, 15) is 13.2 Å². The van der Waals surface area contributed by atoms with Gasteiger partial charge in [0.05, 0.1) is 29.4 Å². The van der Waals surface area contributed by atoms with E-state index < -0.39 is 9.84 Å². The molecule has 1 aliphatic heterocycles. The molecule has 7 nitrogen and oxygen atoms in total. The largest absolute Gasteiger partial charge is 0.309 e. The maximum atomic E-state index is 12.3. The lowest BCUT2D eigenvalue weighted by Gasteiger charge is -2.25. The van der Waals surface area contributed by atoms with Crippen LogP contribution in [-0.4, -0.2) is 60.1 Å². The molecule has 0 atom stereocenters. The zero-order valence-corrected chi connectivity index (χ0v) is 15.2. The highest BCUT2D eigenvalue weighted by molar-refractivity contribution is 7.91. The van der Waals surface area contributed by atoms with Crippen LogP contribution in [0.1, 0.15) is 11.3 Å². The summed E-state index contributed by atoms with van der Waals surface area (Å²) in [6.07, 6.45) is 0. The highest BCUT2D eigenvalue weighted by Crippen LogP contribution is 2.18. The Labute approximate surface area is 147 Å². The molecule has 134 valence electrons. The molecule has 0 bridgehead atoms. The number of aromatic nitrogens is 2. The summed E-state index contributed by atoms with van der Waals surface area (Å²) < 4.78 is 24.6. The highest BCUT2D eigenvalue weighted by atomic mass is 32.2.